The Morgan fingerprint density at radius 3 is 2.69 bits per heavy atom. The second-order valence-electron chi connectivity index (χ2n) is 3.82. The zero-order valence-electron chi connectivity index (χ0n) is 8.67. The second kappa shape index (κ2) is 6.68. The summed E-state index contributed by atoms with van der Waals surface area (Å²) in [5.41, 5.74) is 6.04. The summed E-state index contributed by atoms with van der Waals surface area (Å²) < 4.78 is 0. The molecule has 1 aliphatic heterocycles. The molecule has 2 nitrogen and oxygen atoms in total. The molecule has 1 heterocycles. The Morgan fingerprint density at radius 2 is 2.08 bits per heavy atom. The predicted molar refractivity (Wildman–Crippen MR) is 61.3 cm³/mol. The first-order chi connectivity index (χ1) is 6.33. The normalized spacial score (nSPS) is 21.7. The van der Waals surface area contributed by atoms with Crippen molar-refractivity contribution in [2.45, 2.75) is 32.2 Å². The highest BCUT2D eigenvalue weighted by atomic mass is 32.2. The fourth-order valence-corrected chi connectivity index (χ4v) is 2.65. The zero-order valence-corrected chi connectivity index (χ0v) is 9.48. The van der Waals surface area contributed by atoms with Crippen LogP contribution in [0.25, 0.3) is 0 Å². The summed E-state index contributed by atoms with van der Waals surface area (Å²) in [7, 11) is 0. The van der Waals surface area contributed by atoms with Crippen LogP contribution in [0.3, 0.4) is 0 Å². The van der Waals surface area contributed by atoms with E-state index in [9.17, 15) is 0 Å². The maximum absolute atomic E-state index is 6.04. The van der Waals surface area contributed by atoms with Crippen molar-refractivity contribution in [3.8, 4) is 0 Å². The van der Waals surface area contributed by atoms with E-state index in [1.807, 2.05) is 0 Å². The zero-order chi connectivity index (χ0) is 9.52. The minimum Gasteiger partial charge on any atom is -0.327 e. The molecule has 1 rings (SSSR count). The summed E-state index contributed by atoms with van der Waals surface area (Å²) in [6.07, 6.45) is 3.74. The number of hydrogen-bond acceptors (Lipinski definition) is 3. The molecular formula is C10H22N2S. The van der Waals surface area contributed by atoms with Gasteiger partial charge in [-0.1, -0.05) is 19.8 Å². The van der Waals surface area contributed by atoms with Crippen LogP contribution in [0, 0.1) is 0 Å². The molecule has 0 bridgehead atoms. The van der Waals surface area contributed by atoms with Crippen LogP contribution in [0.2, 0.25) is 0 Å². The molecule has 0 amide bonds. The van der Waals surface area contributed by atoms with Crippen LogP contribution in [-0.2, 0) is 0 Å². The summed E-state index contributed by atoms with van der Waals surface area (Å²) in [6, 6.07) is 0.406. The molecule has 0 saturated carbocycles. The molecular weight excluding hydrogens is 180 g/mol. The highest BCUT2D eigenvalue weighted by Gasteiger charge is 2.13. The summed E-state index contributed by atoms with van der Waals surface area (Å²) >= 11 is 2.06. The lowest BCUT2D eigenvalue weighted by molar-refractivity contribution is 0.275. The topological polar surface area (TPSA) is 29.3 Å². The SMILES string of the molecule is CCCCC(N)CN1CCSCC1. The maximum atomic E-state index is 6.04. The van der Waals surface area contributed by atoms with Crippen LogP contribution in [0.1, 0.15) is 26.2 Å². The van der Waals surface area contributed by atoms with Crippen LogP contribution in [-0.4, -0.2) is 42.1 Å². The lowest BCUT2D eigenvalue weighted by Crippen LogP contribution is -2.41. The van der Waals surface area contributed by atoms with E-state index in [0.717, 1.165) is 6.54 Å². The van der Waals surface area contributed by atoms with Crippen molar-refractivity contribution in [1.29, 1.82) is 0 Å². The van der Waals surface area contributed by atoms with Gasteiger partial charge >= 0.3 is 0 Å². The minimum atomic E-state index is 0.406. The minimum absolute atomic E-state index is 0.406. The molecule has 0 aromatic carbocycles. The van der Waals surface area contributed by atoms with Crippen molar-refractivity contribution in [3.05, 3.63) is 0 Å². The molecule has 0 aromatic heterocycles. The first-order valence-electron chi connectivity index (χ1n) is 5.38. The van der Waals surface area contributed by atoms with Gasteiger partial charge < -0.3 is 10.6 Å². The van der Waals surface area contributed by atoms with Gasteiger partial charge in [0, 0.05) is 37.2 Å². The number of unbranched alkanes of at least 4 members (excludes halogenated alkanes) is 1. The lowest BCUT2D eigenvalue weighted by atomic mass is 10.1. The van der Waals surface area contributed by atoms with Crippen LogP contribution in [0.5, 0.6) is 0 Å². The lowest BCUT2D eigenvalue weighted by Gasteiger charge is -2.28. The molecule has 1 fully saturated rings. The molecule has 1 saturated heterocycles. The van der Waals surface area contributed by atoms with Crippen LogP contribution in [0.15, 0.2) is 0 Å². The average molecular weight is 202 g/mol. The van der Waals surface area contributed by atoms with Crippen LogP contribution < -0.4 is 5.73 Å². The molecule has 1 aliphatic rings. The van der Waals surface area contributed by atoms with Gasteiger partial charge in [0.15, 0.2) is 0 Å². The van der Waals surface area contributed by atoms with Gasteiger partial charge in [-0.2, -0.15) is 11.8 Å². The van der Waals surface area contributed by atoms with E-state index in [1.54, 1.807) is 0 Å². The predicted octanol–water partition coefficient (Wildman–Crippen LogP) is 1.55. The van der Waals surface area contributed by atoms with Gasteiger partial charge in [-0.05, 0) is 6.42 Å². The van der Waals surface area contributed by atoms with Crippen LogP contribution >= 0.6 is 11.8 Å². The molecule has 0 radical (unpaired) electrons. The quantitative estimate of drug-likeness (QED) is 0.733. The number of nitrogens with two attached hydrogens (primary N) is 1. The standard InChI is InChI=1S/C10H22N2S/c1-2-3-4-10(11)9-12-5-7-13-8-6-12/h10H,2-9,11H2,1H3. The highest BCUT2D eigenvalue weighted by Crippen LogP contribution is 2.10. The molecule has 78 valence electrons. The summed E-state index contributed by atoms with van der Waals surface area (Å²) in [5, 5.41) is 0. The van der Waals surface area contributed by atoms with E-state index < -0.39 is 0 Å². The fourth-order valence-electron chi connectivity index (χ4n) is 1.67. The van der Waals surface area contributed by atoms with Crippen molar-refractivity contribution in [1.82, 2.24) is 4.90 Å². The molecule has 0 aliphatic carbocycles. The molecule has 0 spiro atoms. The number of nitrogens with zero attached hydrogens (tertiary/aromatic N) is 1. The van der Waals surface area contributed by atoms with E-state index in [2.05, 4.69) is 23.6 Å². The molecule has 2 N–H and O–H groups in total. The summed E-state index contributed by atoms with van der Waals surface area (Å²) in [6.45, 7) is 5.82. The van der Waals surface area contributed by atoms with Gasteiger partial charge in [0.1, 0.15) is 0 Å². The van der Waals surface area contributed by atoms with Crippen molar-refractivity contribution in [2.24, 2.45) is 5.73 Å². The molecule has 3 heteroatoms. The number of thioether (sulfide) groups is 1. The van der Waals surface area contributed by atoms with E-state index in [1.165, 1.54) is 43.9 Å². The first kappa shape index (κ1) is 11.3. The van der Waals surface area contributed by atoms with Crippen LogP contribution in [0.4, 0.5) is 0 Å². The third-order valence-corrected chi connectivity index (χ3v) is 3.47. The fraction of sp³-hybridized carbons (Fsp3) is 1.00. The van der Waals surface area contributed by atoms with Gasteiger partial charge in [-0.15, -0.1) is 0 Å². The molecule has 1 atom stereocenters. The van der Waals surface area contributed by atoms with Gasteiger partial charge in [-0.3, -0.25) is 0 Å². The Kier molecular flexibility index (Phi) is 5.83. The van der Waals surface area contributed by atoms with Gasteiger partial charge in [0.2, 0.25) is 0 Å². The number of hydrogen-bond donors (Lipinski definition) is 1. The Labute approximate surface area is 86.2 Å². The third kappa shape index (κ3) is 4.89. The maximum Gasteiger partial charge on any atom is 0.0167 e. The molecule has 0 aromatic rings. The Bertz CT molecular complexity index is 124. The largest absolute Gasteiger partial charge is 0.327 e. The van der Waals surface area contributed by atoms with E-state index in [-0.39, 0.29) is 0 Å². The van der Waals surface area contributed by atoms with E-state index in [0.29, 0.717) is 6.04 Å². The van der Waals surface area contributed by atoms with Gasteiger partial charge in [-0.25, -0.2) is 0 Å². The van der Waals surface area contributed by atoms with E-state index >= 15 is 0 Å². The Hall–Kier alpha value is 0.270. The second-order valence-corrected chi connectivity index (χ2v) is 5.04. The monoisotopic (exact) mass is 202 g/mol. The summed E-state index contributed by atoms with van der Waals surface area (Å²) in [5.74, 6) is 2.58. The third-order valence-electron chi connectivity index (χ3n) is 2.52. The smallest absolute Gasteiger partial charge is 0.0167 e. The highest BCUT2D eigenvalue weighted by molar-refractivity contribution is 7.99. The first-order valence-corrected chi connectivity index (χ1v) is 6.54. The van der Waals surface area contributed by atoms with Crippen molar-refractivity contribution in [2.75, 3.05) is 31.1 Å². The van der Waals surface area contributed by atoms with Gasteiger partial charge in [0.05, 0.1) is 0 Å². The van der Waals surface area contributed by atoms with E-state index in [4.69, 9.17) is 5.73 Å². The molecule has 13 heavy (non-hydrogen) atoms. The van der Waals surface area contributed by atoms with Crippen molar-refractivity contribution in [3.63, 3.8) is 0 Å². The van der Waals surface area contributed by atoms with Crippen molar-refractivity contribution < 1.29 is 0 Å². The molecule has 1 unspecified atom stereocenters. The van der Waals surface area contributed by atoms with Gasteiger partial charge in [0.25, 0.3) is 0 Å². The Morgan fingerprint density at radius 1 is 1.38 bits per heavy atom. The Balaban J connectivity index is 2.07. The average Bonchev–Trinajstić information content (AvgIpc) is 2.16. The number of rotatable bonds is 5. The van der Waals surface area contributed by atoms with Crippen molar-refractivity contribution >= 4 is 11.8 Å². The summed E-state index contributed by atoms with van der Waals surface area (Å²) in [4.78, 5) is 2.51.